The molecule has 0 spiro atoms. The smallest absolute Gasteiger partial charge is 0.260 e. The Morgan fingerprint density at radius 1 is 1.21 bits per heavy atom. The monoisotopic (exact) mass is 341 g/mol. The normalized spacial score (nSPS) is 11.0. The third-order valence-corrected chi connectivity index (χ3v) is 4.41. The second-order valence-corrected chi connectivity index (χ2v) is 6.20. The van der Waals surface area contributed by atoms with Crippen LogP contribution in [0, 0.1) is 6.92 Å². The van der Waals surface area contributed by atoms with Crippen molar-refractivity contribution in [3.05, 3.63) is 58.9 Å². The Labute approximate surface area is 146 Å². The van der Waals surface area contributed by atoms with Crippen molar-refractivity contribution in [2.75, 3.05) is 5.32 Å². The first kappa shape index (κ1) is 16.5. The van der Waals surface area contributed by atoms with Gasteiger partial charge in [0.25, 0.3) is 5.91 Å². The van der Waals surface area contributed by atoms with Gasteiger partial charge in [0.1, 0.15) is 5.15 Å². The maximum Gasteiger partial charge on any atom is 0.260 e. The fraction of sp³-hybridized carbons (Fsp3) is 0.263. The molecule has 3 aromatic rings. The highest BCUT2D eigenvalue weighted by atomic mass is 35.5. The van der Waals surface area contributed by atoms with E-state index in [1.807, 2.05) is 49.4 Å². The van der Waals surface area contributed by atoms with E-state index in [0.717, 1.165) is 35.8 Å². The maximum atomic E-state index is 12.6. The van der Waals surface area contributed by atoms with E-state index in [9.17, 15) is 4.79 Å². The fourth-order valence-corrected chi connectivity index (χ4v) is 3.07. The van der Waals surface area contributed by atoms with Crippen LogP contribution in [-0.4, -0.2) is 15.7 Å². The number of hydrogen-bond acceptors (Lipinski definition) is 2. The minimum absolute atomic E-state index is 0.226. The first-order valence-corrected chi connectivity index (χ1v) is 8.51. The lowest BCUT2D eigenvalue weighted by Crippen LogP contribution is -2.13. The van der Waals surface area contributed by atoms with Crippen LogP contribution in [0.15, 0.2) is 42.5 Å². The molecule has 0 aliphatic carbocycles. The van der Waals surface area contributed by atoms with Crippen molar-refractivity contribution in [3.8, 4) is 0 Å². The summed E-state index contributed by atoms with van der Waals surface area (Å²) in [6.45, 7) is 4.64. The minimum atomic E-state index is -0.226. The third kappa shape index (κ3) is 3.29. The molecule has 1 heterocycles. The molecule has 0 fully saturated rings. The summed E-state index contributed by atoms with van der Waals surface area (Å²) in [5.74, 6) is -0.226. The highest BCUT2D eigenvalue weighted by molar-refractivity contribution is 6.33. The Bertz CT molecular complexity index is 885. The molecule has 5 heteroatoms. The van der Waals surface area contributed by atoms with Crippen LogP contribution in [-0.2, 0) is 6.54 Å². The summed E-state index contributed by atoms with van der Waals surface area (Å²) in [4.78, 5) is 12.6. The van der Waals surface area contributed by atoms with Crippen molar-refractivity contribution in [1.82, 2.24) is 9.78 Å². The first-order chi connectivity index (χ1) is 11.6. The van der Waals surface area contributed by atoms with E-state index in [1.54, 1.807) is 4.68 Å². The molecule has 0 aliphatic rings. The molecule has 1 N–H and O–H groups in total. The van der Waals surface area contributed by atoms with E-state index in [0.29, 0.717) is 16.4 Å². The van der Waals surface area contributed by atoms with Crippen molar-refractivity contribution in [2.24, 2.45) is 0 Å². The van der Waals surface area contributed by atoms with Crippen LogP contribution in [0.1, 0.15) is 35.8 Å². The third-order valence-electron chi connectivity index (χ3n) is 4.02. The van der Waals surface area contributed by atoms with Crippen LogP contribution >= 0.6 is 11.6 Å². The number of nitrogens with zero attached hydrogens (tertiary/aromatic N) is 2. The highest BCUT2D eigenvalue weighted by Gasteiger charge is 2.20. The standard InChI is InChI=1S/C19H20ClN3O/c1-3-4-11-23-18(20)17(13(2)22-23)19(24)21-16-10-9-14-7-5-6-8-15(14)12-16/h5-10,12H,3-4,11H2,1-2H3,(H,21,24). The summed E-state index contributed by atoms with van der Waals surface area (Å²) >= 11 is 6.36. The van der Waals surface area contributed by atoms with Gasteiger partial charge in [-0.25, -0.2) is 0 Å². The molecule has 0 radical (unpaired) electrons. The fourth-order valence-electron chi connectivity index (χ4n) is 2.73. The van der Waals surface area contributed by atoms with Gasteiger partial charge in [0.05, 0.1) is 11.3 Å². The number of carbonyl (C=O) groups excluding carboxylic acids is 1. The largest absolute Gasteiger partial charge is 0.322 e. The molecule has 4 nitrogen and oxygen atoms in total. The van der Waals surface area contributed by atoms with Crippen LogP contribution in [0.5, 0.6) is 0 Å². The molecule has 0 atom stereocenters. The Kier molecular flexibility index (Phi) is 4.86. The summed E-state index contributed by atoms with van der Waals surface area (Å²) < 4.78 is 1.70. The summed E-state index contributed by atoms with van der Waals surface area (Å²) in [6.07, 6.45) is 2.03. The lowest BCUT2D eigenvalue weighted by atomic mass is 10.1. The molecule has 0 bridgehead atoms. The summed E-state index contributed by atoms with van der Waals surface area (Å²) in [7, 11) is 0. The molecule has 0 saturated heterocycles. The molecule has 1 amide bonds. The zero-order valence-corrected chi connectivity index (χ0v) is 14.6. The summed E-state index contributed by atoms with van der Waals surface area (Å²) in [6, 6.07) is 13.9. The van der Waals surface area contributed by atoms with Crippen molar-refractivity contribution in [2.45, 2.75) is 33.2 Å². The Morgan fingerprint density at radius 3 is 2.71 bits per heavy atom. The Balaban J connectivity index is 1.84. The molecule has 0 aliphatic heterocycles. The number of unbranched alkanes of at least 4 members (excludes halogenated alkanes) is 1. The summed E-state index contributed by atoms with van der Waals surface area (Å²) in [5, 5.41) is 9.93. The van der Waals surface area contributed by atoms with Crippen LogP contribution < -0.4 is 5.32 Å². The van der Waals surface area contributed by atoms with Gasteiger partial charge in [-0.05, 0) is 36.2 Å². The van der Waals surface area contributed by atoms with Crippen LogP contribution in [0.2, 0.25) is 5.15 Å². The first-order valence-electron chi connectivity index (χ1n) is 8.13. The van der Waals surface area contributed by atoms with E-state index in [1.165, 1.54) is 0 Å². The quantitative estimate of drug-likeness (QED) is 0.705. The van der Waals surface area contributed by atoms with Crippen molar-refractivity contribution in [3.63, 3.8) is 0 Å². The van der Waals surface area contributed by atoms with Crippen LogP contribution in [0.25, 0.3) is 10.8 Å². The zero-order chi connectivity index (χ0) is 17.1. The molecule has 0 saturated carbocycles. The van der Waals surface area contributed by atoms with Gasteiger partial charge in [-0.1, -0.05) is 55.3 Å². The number of amides is 1. The van der Waals surface area contributed by atoms with E-state index in [2.05, 4.69) is 17.3 Å². The number of hydrogen-bond donors (Lipinski definition) is 1. The number of halogens is 1. The van der Waals surface area contributed by atoms with Crippen molar-refractivity contribution in [1.29, 1.82) is 0 Å². The van der Waals surface area contributed by atoms with Gasteiger partial charge in [-0.15, -0.1) is 0 Å². The predicted octanol–water partition coefficient (Wildman–Crippen LogP) is 5.05. The average Bonchev–Trinajstić information content (AvgIpc) is 2.86. The minimum Gasteiger partial charge on any atom is -0.322 e. The van der Waals surface area contributed by atoms with Crippen LogP contribution in [0.3, 0.4) is 0 Å². The predicted molar refractivity (Wildman–Crippen MR) is 98.8 cm³/mol. The van der Waals surface area contributed by atoms with E-state index in [4.69, 9.17) is 11.6 Å². The number of rotatable bonds is 5. The number of aromatic nitrogens is 2. The van der Waals surface area contributed by atoms with Gasteiger partial charge in [0.2, 0.25) is 0 Å². The number of nitrogens with one attached hydrogen (secondary N) is 1. The van der Waals surface area contributed by atoms with Gasteiger partial charge in [0.15, 0.2) is 0 Å². The lowest BCUT2D eigenvalue weighted by Gasteiger charge is -2.07. The van der Waals surface area contributed by atoms with Crippen molar-refractivity contribution < 1.29 is 4.79 Å². The van der Waals surface area contributed by atoms with Crippen molar-refractivity contribution >= 4 is 34.0 Å². The van der Waals surface area contributed by atoms with Gasteiger partial charge in [-0.3, -0.25) is 9.48 Å². The maximum absolute atomic E-state index is 12.6. The molecule has 3 rings (SSSR count). The lowest BCUT2D eigenvalue weighted by molar-refractivity contribution is 0.102. The molecule has 2 aromatic carbocycles. The number of benzene rings is 2. The summed E-state index contributed by atoms with van der Waals surface area (Å²) in [5.41, 5.74) is 1.84. The van der Waals surface area contributed by atoms with Crippen LogP contribution in [0.4, 0.5) is 5.69 Å². The SMILES string of the molecule is CCCCn1nc(C)c(C(=O)Nc2ccc3ccccc3c2)c1Cl. The number of carbonyl (C=O) groups is 1. The van der Waals surface area contributed by atoms with E-state index in [-0.39, 0.29) is 5.91 Å². The Hall–Kier alpha value is -2.33. The van der Waals surface area contributed by atoms with Gasteiger partial charge in [0, 0.05) is 12.2 Å². The number of anilines is 1. The molecule has 124 valence electrons. The van der Waals surface area contributed by atoms with Gasteiger partial charge < -0.3 is 5.32 Å². The molecular formula is C19H20ClN3O. The van der Waals surface area contributed by atoms with E-state index >= 15 is 0 Å². The Morgan fingerprint density at radius 2 is 1.96 bits per heavy atom. The molecule has 1 aromatic heterocycles. The number of fused-ring (bicyclic) bond motifs is 1. The van der Waals surface area contributed by atoms with E-state index < -0.39 is 0 Å². The van der Waals surface area contributed by atoms with Gasteiger partial charge >= 0.3 is 0 Å². The average molecular weight is 342 g/mol. The second kappa shape index (κ2) is 7.05. The number of aryl methyl sites for hydroxylation is 2. The molecular weight excluding hydrogens is 322 g/mol. The van der Waals surface area contributed by atoms with Gasteiger partial charge in [-0.2, -0.15) is 5.10 Å². The second-order valence-electron chi connectivity index (χ2n) is 5.84. The molecule has 24 heavy (non-hydrogen) atoms. The highest BCUT2D eigenvalue weighted by Crippen LogP contribution is 2.23. The molecule has 0 unspecified atom stereocenters. The zero-order valence-electron chi connectivity index (χ0n) is 13.8. The topological polar surface area (TPSA) is 46.9 Å².